The summed E-state index contributed by atoms with van der Waals surface area (Å²) in [6.07, 6.45) is 0. The van der Waals surface area contributed by atoms with Gasteiger partial charge in [-0.3, -0.25) is 0 Å². The molecule has 2 aromatic carbocycles. The van der Waals surface area contributed by atoms with Crippen molar-refractivity contribution >= 4 is 15.7 Å². The molecule has 1 aliphatic heterocycles. The maximum atomic E-state index is 12.7. The van der Waals surface area contributed by atoms with E-state index < -0.39 is 10.0 Å². The van der Waals surface area contributed by atoms with Gasteiger partial charge in [-0.15, -0.1) is 0 Å². The summed E-state index contributed by atoms with van der Waals surface area (Å²) in [5.41, 5.74) is 9.09. The van der Waals surface area contributed by atoms with Crippen LogP contribution in [0.4, 0.5) is 5.69 Å². The third-order valence-corrected chi connectivity index (χ3v) is 5.58. The highest BCUT2D eigenvalue weighted by atomic mass is 32.2. The largest absolute Gasteiger partial charge is 0.399 e. The molecule has 5 heteroatoms. The van der Waals surface area contributed by atoms with Gasteiger partial charge in [0.15, 0.2) is 0 Å². The van der Waals surface area contributed by atoms with Crippen molar-refractivity contribution in [3.8, 4) is 0 Å². The Balaban J connectivity index is 1.99. The third kappa shape index (κ3) is 2.09. The van der Waals surface area contributed by atoms with Crippen LogP contribution in [0.25, 0.3) is 0 Å². The second-order valence-electron chi connectivity index (χ2n) is 5.07. The average Bonchev–Trinajstić information content (AvgIpc) is 2.82. The summed E-state index contributed by atoms with van der Waals surface area (Å²) < 4.78 is 27.0. The van der Waals surface area contributed by atoms with E-state index in [-0.39, 0.29) is 0 Å². The zero-order valence-corrected chi connectivity index (χ0v) is 12.0. The van der Waals surface area contributed by atoms with Gasteiger partial charge in [0.2, 0.25) is 10.0 Å². The highest BCUT2D eigenvalue weighted by Gasteiger charge is 2.31. The number of hydrogen-bond donors (Lipinski definition) is 1. The molecule has 0 fully saturated rings. The minimum absolute atomic E-state index is 0.333. The van der Waals surface area contributed by atoms with Gasteiger partial charge in [0.1, 0.15) is 0 Å². The van der Waals surface area contributed by atoms with Gasteiger partial charge >= 0.3 is 0 Å². The van der Waals surface area contributed by atoms with E-state index in [4.69, 9.17) is 5.73 Å². The number of benzene rings is 2. The third-order valence-electron chi connectivity index (χ3n) is 3.63. The van der Waals surface area contributed by atoms with Crippen LogP contribution in [0.1, 0.15) is 16.7 Å². The number of fused-ring (bicyclic) bond motifs is 1. The molecule has 20 heavy (non-hydrogen) atoms. The van der Waals surface area contributed by atoms with Gasteiger partial charge in [0, 0.05) is 18.8 Å². The standard InChI is InChI=1S/C15H16N2O2S/c1-11-8-14(16)6-7-15(11)20(18,19)17-9-12-4-2-3-5-13(12)10-17/h2-8H,9-10,16H2,1H3. The lowest BCUT2D eigenvalue weighted by Crippen LogP contribution is -2.26. The maximum absolute atomic E-state index is 12.7. The predicted molar refractivity (Wildman–Crippen MR) is 78.5 cm³/mol. The zero-order valence-electron chi connectivity index (χ0n) is 11.2. The molecule has 0 atom stereocenters. The quantitative estimate of drug-likeness (QED) is 0.862. The molecule has 0 saturated carbocycles. The predicted octanol–water partition coefficient (Wildman–Crippen LogP) is 2.28. The molecular weight excluding hydrogens is 272 g/mol. The Bertz CT molecular complexity index is 744. The van der Waals surface area contributed by atoms with E-state index in [0.717, 1.165) is 11.1 Å². The van der Waals surface area contributed by atoms with Gasteiger partial charge in [-0.25, -0.2) is 8.42 Å². The van der Waals surface area contributed by atoms with Crippen LogP contribution in [0.15, 0.2) is 47.4 Å². The van der Waals surface area contributed by atoms with Crippen LogP contribution in [0.5, 0.6) is 0 Å². The first kappa shape index (κ1) is 13.1. The molecule has 0 aromatic heterocycles. The molecule has 3 rings (SSSR count). The zero-order chi connectivity index (χ0) is 14.3. The Hall–Kier alpha value is -1.85. The number of nitrogens with two attached hydrogens (primary N) is 1. The fraction of sp³-hybridized carbons (Fsp3) is 0.200. The number of rotatable bonds is 2. The van der Waals surface area contributed by atoms with Crippen LogP contribution in [0.2, 0.25) is 0 Å². The topological polar surface area (TPSA) is 63.4 Å². The van der Waals surface area contributed by atoms with Crippen LogP contribution in [0.3, 0.4) is 0 Å². The smallest absolute Gasteiger partial charge is 0.243 e. The van der Waals surface area contributed by atoms with Crippen LogP contribution in [-0.4, -0.2) is 12.7 Å². The molecule has 1 heterocycles. The summed E-state index contributed by atoms with van der Waals surface area (Å²) in [5, 5.41) is 0. The maximum Gasteiger partial charge on any atom is 0.243 e. The van der Waals surface area contributed by atoms with Crippen molar-refractivity contribution in [3.05, 3.63) is 59.2 Å². The highest BCUT2D eigenvalue weighted by molar-refractivity contribution is 7.89. The van der Waals surface area contributed by atoms with Gasteiger partial charge in [-0.05, 0) is 41.8 Å². The van der Waals surface area contributed by atoms with Crippen molar-refractivity contribution in [2.75, 3.05) is 5.73 Å². The van der Waals surface area contributed by atoms with E-state index in [2.05, 4.69) is 0 Å². The van der Waals surface area contributed by atoms with Crippen LogP contribution < -0.4 is 5.73 Å². The van der Waals surface area contributed by atoms with E-state index in [9.17, 15) is 8.42 Å². The molecule has 0 bridgehead atoms. The molecule has 104 valence electrons. The van der Waals surface area contributed by atoms with Crippen LogP contribution >= 0.6 is 0 Å². The fourth-order valence-corrected chi connectivity index (χ4v) is 4.18. The molecule has 0 amide bonds. The summed E-state index contributed by atoms with van der Waals surface area (Å²) >= 11 is 0. The van der Waals surface area contributed by atoms with Crippen molar-refractivity contribution < 1.29 is 8.42 Å². The Labute approximate surface area is 118 Å². The number of sulfonamides is 1. The molecule has 1 aliphatic rings. The van der Waals surface area contributed by atoms with Crippen molar-refractivity contribution in [2.24, 2.45) is 0 Å². The van der Waals surface area contributed by atoms with Crippen molar-refractivity contribution in [1.29, 1.82) is 0 Å². The molecule has 0 unspecified atom stereocenters. The van der Waals surface area contributed by atoms with Crippen molar-refractivity contribution in [3.63, 3.8) is 0 Å². The number of hydrogen-bond acceptors (Lipinski definition) is 3. The molecule has 4 nitrogen and oxygen atoms in total. The summed E-state index contributed by atoms with van der Waals surface area (Å²) in [4.78, 5) is 0.333. The van der Waals surface area contributed by atoms with Gasteiger partial charge in [-0.1, -0.05) is 24.3 Å². The molecular formula is C15H16N2O2S. The molecule has 0 radical (unpaired) electrons. The SMILES string of the molecule is Cc1cc(N)ccc1S(=O)(=O)N1Cc2ccccc2C1. The summed E-state index contributed by atoms with van der Waals surface area (Å²) in [7, 11) is -3.48. The van der Waals surface area contributed by atoms with E-state index in [1.54, 1.807) is 25.1 Å². The minimum atomic E-state index is -3.48. The van der Waals surface area contributed by atoms with E-state index in [1.807, 2.05) is 24.3 Å². The number of nitrogen functional groups attached to an aromatic ring is 1. The Kier molecular flexibility index (Phi) is 3.03. The second kappa shape index (κ2) is 4.61. The number of anilines is 1. The van der Waals surface area contributed by atoms with E-state index >= 15 is 0 Å². The second-order valence-corrected chi connectivity index (χ2v) is 6.97. The molecule has 0 saturated heterocycles. The highest BCUT2D eigenvalue weighted by Crippen LogP contribution is 2.30. The summed E-state index contributed by atoms with van der Waals surface area (Å²) in [6, 6.07) is 12.7. The fourth-order valence-electron chi connectivity index (χ4n) is 2.57. The minimum Gasteiger partial charge on any atom is -0.399 e. The normalized spacial score (nSPS) is 15.2. The lowest BCUT2D eigenvalue weighted by Gasteiger charge is -2.17. The number of nitrogens with zero attached hydrogens (tertiary/aromatic N) is 1. The Morgan fingerprint density at radius 3 is 2.20 bits per heavy atom. The lowest BCUT2D eigenvalue weighted by atomic mass is 10.1. The first-order valence-corrected chi connectivity index (χ1v) is 7.85. The van der Waals surface area contributed by atoms with Gasteiger partial charge in [-0.2, -0.15) is 4.31 Å². The lowest BCUT2D eigenvalue weighted by molar-refractivity contribution is 0.431. The summed E-state index contributed by atoms with van der Waals surface area (Å²) in [5.74, 6) is 0. The Morgan fingerprint density at radius 1 is 1.05 bits per heavy atom. The van der Waals surface area contributed by atoms with Gasteiger partial charge < -0.3 is 5.73 Å². The average molecular weight is 288 g/mol. The molecule has 0 aliphatic carbocycles. The molecule has 2 N–H and O–H groups in total. The molecule has 2 aromatic rings. The van der Waals surface area contributed by atoms with E-state index in [0.29, 0.717) is 29.2 Å². The first-order chi connectivity index (χ1) is 9.48. The van der Waals surface area contributed by atoms with Crippen molar-refractivity contribution in [1.82, 2.24) is 4.31 Å². The van der Waals surface area contributed by atoms with Gasteiger partial charge in [0.05, 0.1) is 4.90 Å². The monoisotopic (exact) mass is 288 g/mol. The Morgan fingerprint density at radius 2 is 1.65 bits per heavy atom. The molecule has 0 spiro atoms. The van der Waals surface area contributed by atoms with E-state index in [1.165, 1.54) is 4.31 Å². The van der Waals surface area contributed by atoms with Crippen LogP contribution in [0, 0.1) is 6.92 Å². The summed E-state index contributed by atoms with van der Waals surface area (Å²) in [6.45, 7) is 2.64. The van der Waals surface area contributed by atoms with Crippen molar-refractivity contribution in [2.45, 2.75) is 24.9 Å². The number of aryl methyl sites for hydroxylation is 1. The first-order valence-electron chi connectivity index (χ1n) is 6.41. The van der Waals surface area contributed by atoms with Crippen LogP contribution in [-0.2, 0) is 23.1 Å². The van der Waals surface area contributed by atoms with Gasteiger partial charge in [0.25, 0.3) is 0 Å².